The summed E-state index contributed by atoms with van der Waals surface area (Å²) in [6.45, 7) is 4.92. The molecular formula is C21H23N3OS. The Balaban J connectivity index is 1.61. The molecule has 1 heterocycles. The van der Waals surface area contributed by atoms with Crippen molar-refractivity contribution in [3.05, 3.63) is 77.1 Å². The second kappa shape index (κ2) is 8.81. The fourth-order valence-electron chi connectivity index (χ4n) is 2.78. The van der Waals surface area contributed by atoms with Crippen molar-refractivity contribution in [1.29, 1.82) is 0 Å². The van der Waals surface area contributed by atoms with Gasteiger partial charge in [-0.25, -0.2) is 0 Å². The maximum absolute atomic E-state index is 12.3. The molecule has 0 aliphatic rings. The SMILES string of the molecule is CCn1c(Cc2ccccc2)nnc1SCC(=O)Cc1ccc(C)cc1. The zero-order valence-electron chi connectivity index (χ0n) is 15.2. The van der Waals surface area contributed by atoms with Gasteiger partial charge in [-0.3, -0.25) is 4.79 Å². The van der Waals surface area contributed by atoms with Crippen LogP contribution in [0, 0.1) is 6.92 Å². The maximum atomic E-state index is 12.3. The van der Waals surface area contributed by atoms with Crippen LogP contribution < -0.4 is 0 Å². The van der Waals surface area contributed by atoms with Gasteiger partial charge in [0, 0.05) is 19.4 Å². The van der Waals surface area contributed by atoms with E-state index in [4.69, 9.17) is 0 Å². The minimum absolute atomic E-state index is 0.203. The van der Waals surface area contributed by atoms with Crippen LogP contribution in [0.25, 0.3) is 0 Å². The molecular weight excluding hydrogens is 342 g/mol. The molecule has 0 aliphatic heterocycles. The average molecular weight is 366 g/mol. The number of carbonyl (C=O) groups excluding carboxylic acids is 1. The second-order valence-corrected chi connectivity index (χ2v) is 7.24. The van der Waals surface area contributed by atoms with Crippen LogP contribution >= 0.6 is 11.8 Å². The zero-order valence-corrected chi connectivity index (χ0v) is 16.0. The summed E-state index contributed by atoms with van der Waals surface area (Å²) in [5, 5.41) is 9.45. The first-order valence-electron chi connectivity index (χ1n) is 8.81. The monoisotopic (exact) mass is 365 g/mol. The number of nitrogens with zero attached hydrogens (tertiary/aromatic N) is 3. The summed E-state index contributed by atoms with van der Waals surface area (Å²) in [7, 11) is 0. The number of benzene rings is 2. The summed E-state index contributed by atoms with van der Waals surface area (Å²) in [4.78, 5) is 12.3. The third kappa shape index (κ3) is 4.82. The van der Waals surface area contributed by atoms with Gasteiger partial charge in [-0.05, 0) is 25.0 Å². The molecule has 0 unspecified atom stereocenters. The molecule has 4 nitrogen and oxygen atoms in total. The molecule has 0 bridgehead atoms. The minimum Gasteiger partial charge on any atom is -0.306 e. The molecule has 0 aliphatic carbocycles. The van der Waals surface area contributed by atoms with Crippen molar-refractivity contribution in [2.45, 2.75) is 38.4 Å². The number of aryl methyl sites for hydroxylation is 1. The highest BCUT2D eigenvalue weighted by Crippen LogP contribution is 2.19. The van der Waals surface area contributed by atoms with Crippen molar-refractivity contribution < 1.29 is 4.79 Å². The summed E-state index contributed by atoms with van der Waals surface area (Å²) in [6, 6.07) is 18.4. The average Bonchev–Trinajstić information content (AvgIpc) is 3.04. The lowest BCUT2D eigenvalue weighted by molar-refractivity contribution is -0.116. The van der Waals surface area contributed by atoms with Crippen molar-refractivity contribution >= 4 is 17.5 Å². The predicted octanol–water partition coefficient (Wildman–Crippen LogP) is 4.10. The molecule has 0 radical (unpaired) electrons. The van der Waals surface area contributed by atoms with Crippen molar-refractivity contribution in [2.24, 2.45) is 0 Å². The van der Waals surface area contributed by atoms with Crippen LogP contribution in [0.3, 0.4) is 0 Å². The number of Topliss-reactive ketones (excluding diaryl/α,β-unsaturated/α-hetero) is 1. The van der Waals surface area contributed by atoms with Crippen LogP contribution in [-0.4, -0.2) is 26.3 Å². The lowest BCUT2D eigenvalue weighted by Crippen LogP contribution is -2.08. The number of rotatable bonds is 8. The summed E-state index contributed by atoms with van der Waals surface area (Å²) in [6.07, 6.45) is 1.21. The smallest absolute Gasteiger partial charge is 0.191 e. The Morgan fingerprint density at radius 1 is 1.00 bits per heavy atom. The summed E-state index contributed by atoms with van der Waals surface area (Å²) < 4.78 is 2.09. The zero-order chi connectivity index (χ0) is 18.4. The Morgan fingerprint density at radius 3 is 2.42 bits per heavy atom. The molecule has 134 valence electrons. The topological polar surface area (TPSA) is 47.8 Å². The van der Waals surface area contributed by atoms with Crippen LogP contribution in [0.2, 0.25) is 0 Å². The maximum Gasteiger partial charge on any atom is 0.191 e. The predicted molar refractivity (Wildman–Crippen MR) is 106 cm³/mol. The molecule has 1 aromatic heterocycles. The molecule has 3 rings (SSSR count). The fourth-order valence-corrected chi connectivity index (χ4v) is 3.66. The van der Waals surface area contributed by atoms with Crippen molar-refractivity contribution in [2.75, 3.05) is 5.75 Å². The third-order valence-corrected chi connectivity index (χ3v) is 5.23. The van der Waals surface area contributed by atoms with Crippen LogP contribution in [0.5, 0.6) is 0 Å². The fraction of sp³-hybridized carbons (Fsp3) is 0.286. The number of thioether (sulfide) groups is 1. The highest BCUT2D eigenvalue weighted by atomic mass is 32.2. The highest BCUT2D eigenvalue weighted by molar-refractivity contribution is 7.99. The van der Waals surface area contributed by atoms with Gasteiger partial charge in [0.2, 0.25) is 0 Å². The Morgan fingerprint density at radius 2 is 1.73 bits per heavy atom. The molecule has 5 heteroatoms. The van der Waals surface area contributed by atoms with E-state index >= 15 is 0 Å². The van der Waals surface area contributed by atoms with E-state index in [1.807, 2.05) is 49.4 Å². The quantitative estimate of drug-likeness (QED) is 0.564. The Hall–Kier alpha value is -2.40. The van der Waals surface area contributed by atoms with E-state index in [-0.39, 0.29) is 5.78 Å². The van der Waals surface area contributed by atoms with Crippen LogP contribution in [-0.2, 0) is 24.2 Å². The third-order valence-electron chi connectivity index (χ3n) is 4.20. The molecule has 3 aromatic rings. The van der Waals surface area contributed by atoms with E-state index in [0.717, 1.165) is 29.5 Å². The number of carbonyl (C=O) groups is 1. The second-order valence-electron chi connectivity index (χ2n) is 6.30. The van der Waals surface area contributed by atoms with Crippen LogP contribution in [0.15, 0.2) is 59.8 Å². The van der Waals surface area contributed by atoms with Crippen molar-refractivity contribution in [1.82, 2.24) is 14.8 Å². The minimum atomic E-state index is 0.203. The molecule has 0 saturated heterocycles. The lowest BCUT2D eigenvalue weighted by Gasteiger charge is -2.07. The van der Waals surface area contributed by atoms with E-state index in [2.05, 4.69) is 33.8 Å². The van der Waals surface area contributed by atoms with Gasteiger partial charge in [0.15, 0.2) is 5.16 Å². The van der Waals surface area contributed by atoms with Gasteiger partial charge in [-0.2, -0.15) is 0 Å². The van der Waals surface area contributed by atoms with Gasteiger partial charge in [0.05, 0.1) is 5.75 Å². The number of hydrogen-bond acceptors (Lipinski definition) is 4. The number of ketones is 1. The van der Waals surface area contributed by atoms with Crippen molar-refractivity contribution in [3.8, 4) is 0 Å². The van der Waals surface area contributed by atoms with E-state index in [1.54, 1.807) is 0 Å². The standard InChI is InChI=1S/C21H23N3OS/c1-3-24-20(14-17-7-5-4-6-8-17)22-23-21(24)26-15-19(25)13-18-11-9-16(2)10-12-18/h4-12H,3,13-15H2,1-2H3. The van der Waals surface area contributed by atoms with E-state index in [0.29, 0.717) is 12.2 Å². The summed E-state index contributed by atoms with van der Waals surface area (Å²) in [5.41, 5.74) is 3.47. The molecule has 0 saturated carbocycles. The van der Waals surface area contributed by atoms with Gasteiger partial charge >= 0.3 is 0 Å². The Kier molecular flexibility index (Phi) is 6.23. The van der Waals surface area contributed by atoms with Crippen LogP contribution in [0.4, 0.5) is 0 Å². The number of hydrogen-bond donors (Lipinski definition) is 0. The van der Waals surface area contributed by atoms with Gasteiger partial charge in [0.25, 0.3) is 0 Å². The summed E-state index contributed by atoms with van der Waals surface area (Å²) >= 11 is 1.47. The van der Waals surface area contributed by atoms with Gasteiger partial charge < -0.3 is 4.57 Å². The first kappa shape index (κ1) is 18.4. The van der Waals surface area contributed by atoms with Gasteiger partial charge in [0.1, 0.15) is 11.6 Å². The molecule has 2 aromatic carbocycles. The first-order chi connectivity index (χ1) is 12.7. The molecule has 0 N–H and O–H groups in total. The van der Waals surface area contributed by atoms with E-state index in [1.165, 1.54) is 22.9 Å². The van der Waals surface area contributed by atoms with E-state index in [9.17, 15) is 4.79 Å². The van der Waals surface area contributed by atoms with Gasteiger partial charge in [-0.1, -0.05) is 71.9 Å². The number of aromatic nitrogens is 3. The van der Waals surface area contributed by atoms with Crippen molar-refractivity contribution in [3.63, 3.8) is 0 Å². The molecule has 0 atom stereocenters. The molecule has 26 heavy (non-hydrogen) atoms. The summed E-state index contributed by atoms with van der Waals surface area (Å²) in [5.74, 6) is 1.55. The Bertz CT molecular complexity index is 857. The van der Waals surface area contributed by atoms with Gasteiger partial charge in [-0.15, -0.1) is 10.2 Å². The molecule has 0 fully saturated rings. The van der Waals surface area contributed by atoms with E-state index < -0.39 is 0 Å². The van der Waals surface area contributed by atoms with Crippen LogP contribution in [0.1, 0.15) is 29.4 Å². The molecule has 0 spiro atoms. The Labute approximate surface area is 158 Å². The normalized spacial score (nSPS) is 10.8. The molecule has 0 amide bonds. The lowest BCUT2D eigenvalue weighted by atomic mass is 10.1. The largest absolute Gasteiger partial charge is 0.306 e. The first-order valence-corrected chi connectivity index (χ1v) is 9.80. The highest BCUT2D eigenvalue weighted by Gasteiger charge is 2.13.